The molecule has 4 rings (SSSR count). The Kier molecular flexibility index (Phi) is 4.18. The average molecular weight is 354 g/mol. The van der Waals surface area contributed by atoms with E-state index in [0.29, 0.717) is 43.0 Å². The van der Waals surface area contributed by atoms with E-state index in [1.807, 2.05) is 24.3 Å². The smallest absolute Gasteiger partial charge is 0.289 e. The van der Waals surface area contributed by atoms with Gasteiger partial charge in [0.1, 0.15) is 11.5 Å². The summed E-state index contributed by atoms with van der Waals surface area (Å²) in [6.45, 7) is 3.08. The summed E-state index contributed by atoms with van der Waals surface area (Å²) in [6.07, 6.45) is 2.89. The van der Waals surface area contributed by atoms with Crippen molar-refractivity contribution in [2.45, 2.75) is 38.3 Å². The molecule has 2 aliphatic heterocycles. The molecular formula is C20H22N2O4. The Bertz CT molecular complexity index is 834. The maximum Gasteiger partial charge on any atom is 0.289 e. The number of aryl methyl sites for hydroxylation is 1. The molecule has 0 unspecified atom stereocenters. The van der Waals surface area contributed by atoms with Crippen LogP contribution in [-0.2, 0) is 6.42 Å². The van der Waals surface area contributed by atoms with Gasteiger partial charge in [0.2, 0.25) is 0 Å². The van der Waals surface area contributed by atoms with Crippen LogP contribution in [0.5, 0.6) is 5.75 Å². The third-order valence-electron chi connectivity index (χ3n) is 5.01. The van der Waals surface area contributed by atoms with E-state index in [0.717, 1.165) is 18.6 Å². The first-order valence-corrected chi connectivity index (χ1v) is 9.09. The summed E-state index contributed by atoms with van der Waals surface area (Å²) in [6, 6.07) is 10.8. The number of likely N-dealkylation sites (tertiary alicyclic amines) is 1. The van der Waals surface area contributed by atoms with Gasteiger partial charge in [-0.15, -0.1) is 0 Å². The van der Waals surface area contributed by atoms with Crippen molar-refractivity contribution >= 4 is 11.8 Å². The number of fused-ring (bicyclic) bond motifs is 1. The SMILES string of the molecule is CCCc1ccc(C(=O)N2CCC3(CC2)NC(=O)c2ccccc2O3)o1. The van der Waals surface area contributed by atoms with Gasteiger partial charge in [0.05, 0.1) is 5.56 Å². The minimum atomic E-state index is -0.737. The summed E-state index contributed by atoms with van der Waals surface area (Å²) in [5, 5.41) is 2.99. The van der Waals surface area contributed by atoms with Gasteiger partial charge >= 0.3 is 0 Å². The number of para-hydroxylation sites is 1. The lowest BCUT2D eigenvalue weighted by atomic mass is 9.96. The van der Waals surface area contributed by atoms with E-state index in [1.54, 1.807) is 17.0 Å². The van der Waals surface area contributed by atoms with E-state index in [4.69, 9.17) is 9.15 Å². The first-order valence-electron chi connectivity index (χ1n) is 9.09. The molecule has 6 heteroatoms. The second-order valence-corrected chi connectivity index (χ2v) is 6.85. The molecule has 1 spiro atoms. The number of rotatable bonds is 3. The van der Waals surface area contributed by atoms with Gasteiger partial charge in [-0.05, 0) is 30.7 Å². The van der Waals surface area contributed by atoms with Crippen molar-refractivity contribution < 1.29 is 18.7 Å². The molecule has 0 aliphatic carbocycles. The number of ether oxygens (including phenoxy) is 1. The molecule has 2 aliphatic rings. The normalized spacial score (nSPS) is 18.2. The van der Waals surface area contributed by atoms with Crippen LogP contribution in [0.3, 0.4) is 0 Å². The molecule has 0 radical (unpaired) electrons. The zero-order chi connectivity index (χ0) is 18.1. The standard InChI is InChI=1S/C20H22N2O4/c1-2-5-14-8-9-17(25-14)19(24)22-12-10-20(11-13-22)21-18(23)15-6-3-4-7-16(15)26-20/h3-4,6-9H,2,5,10-13H2,1H3,(H,21,23). The van der Waals surface area contributed by atoms with Crippen molar-refractivity contribution in [3.8, 4) is 5.75 Å². The Hall–Kier alpha value is -2.76. The Balaban J connectivity index is 1.44. The summed E-state index contributed by atoms with van der Waals surface area (Å²) in [4.78, 5) is 26.8. The Morgan fingerprint density at radius 1 is 1.19 bits per heavy atom. The van der Waals surface area contributed by atoms with E-state index in [-0.39, 0.29) is 11.8 Å². The fourth-order valence-corrected chi connectivity index (χ4v) is 3.58. The van der Waals surface area contributed by atoms with Crippen molar-refractivity contribution in [3.63, 3.8) is 0 Å². The molecule has 0 saturated carbocycles. The molecule has 1 N–H and O–H groups in total. The monoisotopic (exact) mass is 354 g/mol. The Labute approximate surface area is 152 Å². The van der Waals surface area contributed by atoms with Crippen LogP contribution in [0, 0.1) is 0 Å². The topological polar surface area (TPSA) is 71.8 Å². The summed E-state index contributed by atoms with van der Waals surface area (Å²) in [5.74, 6) is 1.59. The lowest BCUT2D eigenvalue weighted by Crippen LogP contribution is -2.61. The van der Waals surface area contributed by atoms with Gasteiger partial charge in [-0.25, -0.2) is 0 Å². The quantitative estimate of drug-likeness (QED) is 0.920. The van der Waals surface area contributed by atoms with Gasteiger partial charge in [0.25, 0.3) is 11.8 Å². The molecule has 26 heavy (non-hydrogen) atoms. The number of carbonyl (C=O) groups is 2. The fourth-order valence-electron chi connectivity index (χ4n) is 3.58. The van der Waals surface area contributed by atoms with Crippen LogP contribution in [0.1, 0.15) is 52.9 Å². The summed E-state index contributed by atoms with van der Waals surface area (Å²) < 4.78 is 11.8. The molecule has 1 fully saturated rings. The van der Waals surface area contributed by atoms with E-state index in [9.17, 15) is 9.59 Å². The molecule has 0 atom stereocenters. The van der Waals surface area contributed by atoms with Gasteiger partial charge in [0.15, 0.2) is 11.5 Å². The van der Waals surface area contributed by atoms with E-state index >= 15 is 0 Å². The largest absolute Gasteiger partial charge is 0.467 e. The van der Waals surface area contributed by atoms with Crippen LogP contribution in [0.25, 0.3) is 0 Å². The predicted octanol–water partition coefficient (Wildman–Crippen LogP) is 2.99. The van der Waals surface area contributed by atoms with Crippen molar-refractivity contribution in [1.82, 2.24) is 10.2 Å². The molecular weight excluding hydrogens is 332 g/mol. The molecule has 136 valence electrons. The fraction of sp³-hybridized carbons (Fsp3) is 0.400. The van der Waals surface area contributed by atoms with Crippen molar-refractivity contribution in [2.75, 3.05) is 13.1 Å². The second kappa shape index (κ2) is 6.52. The predicted molar refractivity (Wildman–Crippen MR) is 95.1 cm³/mol. The van der Waals surface area contributed by atoms with Crippen LogP contribution in [0.4, 0.5) is 0 Å². The number of carbonyl (C=O) groups excluding carboxylic acids is 2. The van der Waals surface area contributed by atoms with Crippen LogP contribution in [0.2, 0.25) is 0 Å². The number of nitrogens with one attached hydrogen (secondary N) is 1. The van der Waals surface area contributed by atoms with Crippen molar-refractivity contribution in [2.24, 2.45) is 0 Å². The van der Waals surface area contributed by atoms with E-state index in [1.165, 1.54) is 0 Å². The highest BCUT2D eigenvalue weighted by molar-refractivity contribution is 5.98. The number of furan rings is 1. The molecule has 2 amide bonds. The molecule has 0 bridgehead atoms. The van der Waals surface area contributed by atoms with Gasteiger partial charge in [0, 0.05) is 32.4 Å². The summed E-state index contributed by atoms with van der Waals surface area (Å²) in [5.41, 5.74) is -0.186. The third-order valence-corrected chi connectivity index (χ3v) is 5.01. The van der Waals surface area contributed by atoms with E-state index < -0.39 is 5.72 Å². The van der Waals surface area contributed by atoms with Gasteiger partial charge in [-0.3, -0.25) is 9.59 Å². The number of benzene rings is 1. The molecule has 3 heterocycles. The minimum Gasteiger partial charge on any atom is -0.467 e. The van der Waals surface area contributed by atoms with E-state index in [2.05, 4.69) is 12.2 Å². The highest BCUT2D eigenvalue weighted by Crippen LogP contribution is 2.33. The maximum atomic E-state index is 12.7. The molecule has 1 saturated heterocycles. The van der Waals surface area contributed by atoms with Crippen LogP contribution >= 0.6 is 0 Å². The minimum absolute atomic E-state index is 0.107. The number of nitrogens with zero attached hydrogens (tertiary/aromatic N) is 1. The van der Waals surface area contributed by atoms with Crippen LogP contribution in [-0.4, -0.2) is 35.5 Å². The first-order chi connectivity index (χ1) is 12.6. The number of piperidine rings is 1. The van der Waals surface area contributed by atoms with Gasteiger partial charge in [-0.2, -0.15) is 0 Å². The van der Waals surface area contributed by atoms with Crippen molar-refractivity contribution in [3.05, 3.63) is 53.5 Å². The number of hydrogen-bond acceptors (Lipinski definition) is 4. The molecule has 1 aromatic heterocycles. The Morgan fingerprint density at radius 2 is 1.96 bits per heavy atom. The van der Waals surface area contributed by atoms with Crippen LogP contribution < -0.4 is 10.1 Å². The molecule has 1 aromatic carbocycles. The van der Waals surface area contributed by atoms with Gasteiger partial charge in [-0.1, -0.05) is 19.1 Å². The highest BCUT2D eigenvalue weighted by Gasteiger charge is 2.43. The lowest BCUT2D eigenvalue weighted by Gasteiger charge is -2.44. The molecule has 2 aromatic rings. The average Bonchev–Trinajstić information content (AvgIpc) is 3.11. The first kappa shape index (κ1) is 16.7. The number of hydrogen-bond donors (Lipinski definition) is 1. The molecule has 6 nitrogen and oxygen atoms in total. The van der Waals surface area contributed by atoms with Crippen LogP contribution in [0.15, 0.2) is 40.8 Å². The van der Waals surface area contributed by atoms with Crippen molar-refractivity contribution in [1.29, 1.82) is 0 Å². The zero-order valence-corrected chi connectivity index (χ0v) is 14.8. The summed E-state index contributed by atoms with van der Waals surface area (Å²) in [7, 11) is 0. The highest BCUT2D eigenvalue weighted by atomic mass is 16.5. The maximum absolute atomic E-state index is 12.7. The zero-order valence-electron chi connectivity index (χ0n) is 14.8. The Morgan fingerprint density at radius 3 is 2.73 bits per heavy atom. The van der Waals surface area contributed by atoms with Gasteiger partial charge < -0.3 is 19.4 Å². The summed E-state index contributed by atoms with van der Waals surface area (Å²) >= 11 is 0. The number of amides is 2. The second-order valence-electron chi connectivity index (χ2n) is 6.85. The third kappa shape index (κ3) is 2.96. The lowest BCUT2D eigenvalue weighted by molar-refractivity contribution is -0.0251.